The highest BCUT2D eigenvalue weighted by Crippen LogP contribution is 2.22. The maximum absolute atomic E-state index is 12.4. The Kier molecular flexibility index (Phi) is 5.81. The zero-order valence-electron chi connectivity index (χ0n) is 11.9. The highest BCUT2D eigenvalue weighted by molar-refractivity contribution is 7.88. The second-order valence-corrected chi connectivity index (χ2v) is 6.68. The molecule has 0 bridgehead atoms. The van der Waals surface area contributed by atoms with E-state index < -0.39 is 20.7 Å². The Hall–Kier alpha value is -1.98. The summed E-state index contributed by atoms with van der Waals surface area (Å²) in [4.78, 5) is 10.3. The number of hydrogen-bond donors (Lipinski definition) is 0. The lowest BCUT2D eigenvalue weighted by molar-refractivity contribution is -0.385. The van der Waals surface area contributed by atoms with Gasteiger partial charge in [-0.3, -0.25) is 10.1 Å². The number of nitriles is 1. The van der Waals surface area contributed by atoms with Crippen molar-refractivity contribution in [3.63, 3.8) is 0 Å². The third-order valence-corrected chi connectivity index (χ3v) is 4.90. The fourth-order valence-corrected chi connectivity index (χ4v) is 3.78. The van der Waals surface area contributed by atoms with E-state index in [0.29, 0.717) is 0 Å². The summed E-state index contributed by atoms with van der Waals surface area (Å²) >= 11 is 0. The van der Waals surface area contributed by atoms with Gasteiger partial charge in [0.25, 0.3) is 5.69 Å². The van der Waals surface area contributed by atoms with Crippen molar-refractivity contribution >= 4 is 15.7 Å². The van der Waals surface area contributed by atoms with Crippen LogP contribution in [0.1, 0.15) is 25.8 Å². The highest BCUT2D eigenvalue weighted by atomic mass is 32.2. The van der Waals surface area contributed by atoms with Gasteiger partial charge in [-0.2, -0.15) is 9.57 Å². The Morgan fingerprint density at radius 1 is 1.38 bits per heavy atom. The second-order valence-electron chi connectivity index (χ2n) is 4.75. The number of para-hydroxylation sites is 1. The summed E-state index contributed by atoms with van der Waals surface area (Å²) in [5, 5.41) is 19.5. The van der Waals surface area contributed by atoms with Gasteiger partial charge in [0.2, 0.25) is 10.0 Å². The van der Waals surface area contributed by atoms with Crippen LogP contribution in [-0.4, -0.2) is 30.2 Å². The van der Waals surface area contributed by atoms with E-state index in [2.05, 4.69) is 0 Å². The molecule has 0 saturated carbocycles. The van der Waals surface area contributed by atoms with E-state index in [1.807, 2.05) is 6.07 Å². The van der Waals surface area contributed by atoms with Gasteiger partial charge in [-0.05, 0) is 13.8 Å². The maximum Gasteiger partial charge on any atom is 0.273 e. The van der Waals surface area contributed by atoms with Crippen molar-refractivity contribution in [3.8, 4) is 6.07 Å². The van der Waals surface area contributed by atoms with Gasteiger partial charge >= 0.3 is 0 Å². The van der Waals surface area contributed by atoms with Gasteiger partial charge in [0.15, 0.2) is 0 Å². The van der Waals surface area contributed by atoms with E-state index in [1.165, 1.54) is 22.5 Å². The van der Waals surface area contributed by atoms with Crippen LogP contribution in [0.25, 0.3) is 0 Å². The van der Waals surface area contributed by atoms with E-state index in [4.69, 9.17) is 5.26 Å². The van der Waals surface area contributed by atoms with E-state index in [1.54, 1.807) is 19.9 Å². The summed E-state index contributed by atoms with van der Waals surface area (Å²) in [5.41, 5.74) is -0.0739. The number of nitro groups is 1. The van der Waals surface area contributed by atoms with Crippen molar-refractivity contribution in [2.75, 3.05) is 6.54 Å². The molecule has 1 rings (SSSR count). The maximum atomic E-state index is 12.4. The highest BCUT2D eigenvalue weighted by Gasteiger charge is 2.27. The van der Waals surface area contributed by atoms with Crippen molar-refractivity contribution in [2.24, 2.45) is 0 Å². The van der Waals surface area contributed by atoms with Crippen molar-refractivity contribution < 1.29 is 13.3 Å². The summed E-state index contributed by atoms with van der Waals surface area (Å²) in [6.45, 7) is 3.49. The number of rotatable bonds is 7. The largest absolute Gasteiger partial charge is 0.273 e. The van der Waals surface area contributed by atoms with Gasteiger partial charge in [0, 0.05) is 30.6 Å². The molecule has 0 heterocycles. The normalized spacial score (nSPS) is 11.6. The van der Waals surface area contributed by atoms with Gasteiger partial charge in [0.1, 0.15) is 0 Å². The van der Waals surface area contributed by atoms with Gasteiger partial charge in [-0.25, -0.2) is 8.42 Å². The Morgan fingerprint density at radius 3 is 2.52 bits per heavy atom. The Morgan fingerprint density at radius 2 is 2.00 bits per heavy atom. The van der Waals surface area contributed by atoms with E-state index in [0.717, 1.165) is 0 Å². The van der Waals surface area contributed by atoms with Crippen molar-refractivity contribution in [1.29, 1.82) is 5.26 Å². The number of benzene rings is 1. The summed E-state index contributed by atoms with van der Waals surface area (Å²) in [6.07, 6.45) is 0.0777. The molecule has 0 saturated heterocycles. The molecule has 114 valence electrons. The standard InChI is InChI=1S/C13H17N3O4S/c1-11(2)15(9-5-8-14)21(19,20)10-12-6-3-4-7-13(12)16(17)18/h3-4,6-7,11H,5,9-10H2,1-2H3. The van der Waals surface area contributed by atoms with Gasteiger partial charge < -0.3 is 0 Å². The smallest absolute Gasteiger partial charge is 0.258 e. The van der Waals surface area contributed by atoms with Crippen LogP contribution in [0.2, 0.25) is 0 Å². The van der Waals surface area contributed by atoms with Crippen LogP contribution in [0.4, 0.5) is 5.69 Å². The van der Waals surface area contributed by atoms with Crippen LogP contribution in [0.15, 0.2) is 24.3 Å². The lowest BCUT2D eigenvalue weighted by atomic mass is 10.2. The molecule has 0 aliphatic rings. The van der Waals surface area contributed by atoms with Gasteiger partial charge in [0.05, 0.1) is 16.7 Å². The van der Waals surface area contributed by atoms with Crippen LogP contribution in [0, 0.1) is 21.4 Å². The fourth-order valence-electron chi connectivity index (χ4n) is 1.97. The van der Waals surface area contributed by atoms with Crippen LogP contribution in [-0.2, 0) is 15.8 Å². The Bertz CT molecular complexity index is 650. The minimum absolute atomic E-state index is 0.0777. The van der Waals surface area contributed by atoms with Gasteiger partial charge in [-0.1, -0.05) is 18.2 Å². The van der Waals surface area contributed by atoms with Crippen LogP contribution in [0.3, 0.4) is 0 Å². The molecule has 0 aliphatic carbocycles. The topological polar surface area (TPSA) is 104 Å². The molecule has 8 heteroatoms. The molecular weight excluding hydrogens is 294 g/mol. The summed E-state index contributed by atoms with van der Waals surface area (Å²) in [5.74, 6) is -0.451. The molecule has 0 aliphatic heterocycles. The molecular formula is C13H17N3O4S. The molecule has 21 heavy (non-hydrogen) atoms. The summed E-state index contributed by atoms with van der Waals surface area (Å²) in [7, 11) is -3.73. The summed E-state index contributed by atoms with van der Waals surface area (Å²) < 4.78 is 26.0. The zero-order chi connectivity index (χ0) is 16.0. The zero-order valence-corrected chi connectivity index (χ0v) is 12.7. The molecule has 7 nitrogen and oxygen atoms in total. The molecule has 1 aromatic rings. The Labute approximate surface area is 124 Å². The lowest BCUT2D eigenvalue weighted by Gasteiger charge is -2.24. The molecule has 0 N–H and O–H groups in total. The average Bonchev–Trinajstić information content (AvgIpc) is 2.38. The number of nitro benzene ring substituents is 1. The Balaban J connectivity index is 3.09. The average molecular weight is 311 g/mol. The number of nitrogens with zero attached hydrogens (tertiary/aromatic N) is 3. The third kappa shape index (κ3) is 4.51. The first-order valence-corrected chi connectivity index (χ1v) is 7.99. The molecule has 0 radical (unpaired) electrons. The first kappa shape index (κ1) is 17.1. The van der Waals surface area contributed by atoms with Crippen LogP contribution in [0.5, 0.6) is 0 Å². The van der Waals surface area contributed by atoms with E-state index >= 15 is 0 Å². The summed E-state index contributed by atoms with van der Waals surface area (Å²) in [6, 6.07) is 7.35. The van der Waals surface area contributed by atoms with Crippen molar-refractivity contribution in [3.05, 3.63) is 39.9 Å². The van der Waals surface area contributed by atoms with E-state index in [-0.39, 0.29) is 30.3 Å². The monoisotopic (exact) mass is 311 g/mol. The first-order valence-electron chi connectivity index (χ1n) is 6.38. The SMILES string of the molecule is CC(C)N(CCC#N)S(=O)(=O)Cc1ccccc1[N+](=O)[O-]. The molecule has 0 aromatic heterocycles. The van der Waals surface area contributed by atoms with Gasteiger partial charge in [-0.15, -0.1) is 0 Å². The quantitative estimate of drug-likeness (QED) is 0.566. The predicted molar refractivity (Wildman–Crippen MR) is 77.8 cm³/mol. The van der Waals surface area contributed by atoms with Crippen molar-refractivity contribution in [2.45, 2.75) is 32.1 Å². The minimum atomic E-state index is -3.73. The molecule has 1 aromatic carbocycles. The first-order chi connectivity index (χ1) is 9.79. The molecule has 0 unspecified atom stereocenters. The van der Waals surface area contributed by atoms with Crippen LogP contribution < -0.4 is 0 Å². The molecule has 0 amide bonds. The second kappa shape index (κ2) is 7.15. The van der Waals surface area contributed by atoms with Crippen molar-refractivity contribution in [1.82, 2.24) is 4.31 Å². The molecule has 0 fully saturated rings. The fraction of sp³-hybridized carbons (Fsp3) is 0.462. The molecule has 0 atom stereocenters. The predicted octanol–water partition coefficient (Wildman–Crippen LogP) is 2.05. The minimum Gasteiger partial charge on any atom is -0.258 e. The third-order valence-electron chi connectivity index (χ3n) is 2.90. The molecule has 0 spiro atoms. The number of sulfonamides is 1. The lowest BCUT2D eigenvalue weighted by Crippen LogP contribution is -2.38. The van der Waals surface area contributed by atoms with E-state index in [9.17, 15) is 18.5 Å². The van der Waals surface area contributed by atoms with Crippen LogP contribution >= 0.6 is 0 Å². The number of hydrogen-bond acceptors (Lipinski definition) is 5.